The topological polar surface area (TPSA) is 57.2 Å². The molecule has 0 unspecified atom stereocenters. The van der Waals surface area contributed by atoms with Crippen LogP contribution in [-0.2, 0) is 18.9 Å². The molecular formula is C10H12F6O5. The summed E-state index contributed by atoms with van der Waals surface area (Å²) in [6.07, 6.45) is -19.8. The zero-order chi connectivity index (χ0) is 16.2. The third kappa shape index (κ3) is 2.40. The molecule has 124 valence electrons. The smallest absolute Gasteiger partial charge is 0.385 e. The van der Waals surface area contributed by atoms with E-state index in [2.05, 4.69) is 14.2 Å². The van der Waals surface area contributed by atoms with Crippen LogP contribution in [0.4, 0.5) is 26.3 Å². The minimum absolute atomic E-state index is 1.08. The van der Waals surface area contributed by atoms with Crippen molar-refractivity contribution >= 4 is 0 Å². The van der Waals surface area contributed by atoms with Crippen LogP contribution in [0.3, 0.4) is 0 Å². The van der Waals surface area contributed by atoms with Gasteiger partial charge in [-0.1, -0.05) is 0 Å². The first kappa shape index (κ1) is 16.7. The molecule has 0 bridgehead atoms. The highest BCUT2D eigenvalue weighted by Gasteiger charge is 2.80. The third-order valence-corrected chi connectivity index (χ3v) is 3.33. The van der Waals surface area contributed by atoms with Gasteiger partial charge in [0.15, 0.2) is 6.29 Å². The Morgan fingerprint density at radius 1 is 1.00 bits per heavy atom. The molecular weight excluding hydrogens is 314 g/mol. The summed E-state index contributed by atoms with van der Waals surface area (Å²) in [5.74, 6) is -4.80. The van der Waals surface area contributed by atoms with Crippen LogP contribution in [0.2, 0.25) is 0 Å². The second kappa shape index (κ2) is 4.95. The molecule has 21 heavy (non-hydrogen) atoms. The van der Waals surface area contributed by atoms with Crippen LogP contribution in [-0.4, -0.2) is 61.1 Å². The number of alkyl halides is 6. The molecule has 2 heterocycles. The van der Waals surface area contributed by atoms with Crippen molar-refractivity contribution < 1.29 is 50.4 Å². The van der Waals surface area contributed by atoms with Gasteiger partial charge in [-0.25, -0.2) is 0 Å². The average Bonchev–Trinajstić information content (AvgIpc) is 2.75. The highest BCUT2D eigenvalue weighted by molar-refractivity contribution is 5.02. The van der Waals surface area contributed by atoms with E-state index in [1.165, 1.54) is 6.92 Å². The zero-order valence-corrected chi connectivity index (χ0v) is 10.7. The maximum Gasteiger partial charge on any atom is 0.453 e. The summed E-state index contributed by atoms with van der Waals surface area (Å²) in [6, 6.07) is 0. The maximum absolute atomic E-state index is 12.9. The molecule has 2 fully saturated rings. The Morgan fingerprint density at radius 3 is 1.90 bits per heavy atom. The number of hydrogen-bond acceptors (Lipinski definition) is 5. The van der Waals surface area contributed by atoms with E-state index in [1.807, 2.05) is 0 Å². The van der Waals surface area contributed by atoms with Gasteiger partial charge in [-0.2, -0.15) is 26.3 Å². The van der Waals surface area contributed by atoms with Gasteiger partial charge >= 0.3 is 18.1 Å². The molecule has 2 aliphatic heterocycles. The summed E-state index contributed by atoms with van der Waals surface area (Å²) >= 11 is 0. The van der Waals surface area contributed by atoms with Crippen molar-refractivity contribution in [3.63, 3.8) is 0 Å². The molecule has 5 nitrogen and oxygen atoms in total. The summed E-state index contributed by atoms with van der Waals surface area (Å²) in [7, 11) is 1.08. The Kier molecular flexibility index (Phi) is 3.94. The summed E-state index contributed by atoms with van der Waals surface area (Å²) in [5.41, 5.74) is 0. The molecule has 0 aromatic carbocycles. The zero-order valence-electron chi connectivity index (χ0n) is 10.7. The second-order valence-corrected chi connectivity index (χ2v) is 4.71. The fourth-order valence-corrected chi connectivity index (χ4v) is 2.32. The largest absolute Gasteiger partial charge is 0.453 e. The molecule has 11 heteroatoms. The van der Waals surface area contributed by atoms with E-state index in [0.717, 1.165) is 7.11 Å². The fourth-order valence-electron chi connectivity index (χ4n) is 2.32. The van der Waals surface area contributed by atoms with Crippen molar-refractivity contribution in [3.8, 4) is 0 Å². The molecule has 0 aromatic rings. The van der Waals surface area contributed by atoms with Crippen LogP contribution in [0.5, 0.6) is 0 Å². The molecule has 2 saturated heterocycles. The normalized spacial score (nSPS) is 40.1. The quantitative estimate of drug-likeness (QED) is 0.737. The minimum Gasteiger partial charge on any atom is -0.385 e. The van der Waals surface area contributed by atoms with Crippen LogP contribution in [0.15, 0.2) is 0 Å². The molecule has 0 spiro atoms. The van der Waals surface area contributed by atoms with Gasteiger partial charge in [0.1, 0.15) is 18.3 Å². The van der Waals surface area contributed by atoms with Gasteiger partial charge in [0.25, 0.3) is 0 Å². The van der Waals surface area contributed by atoms with Crippen molar-refractivity contribution in [2.45, 2.75) is 55.8 Å². The van der Waals surface area contributed by atoms with E-state index >= 15 is 0 Å². The number of halogens is 6. The number of ether oxygens (including phenoxy) is 4. The van der Waals surface area contributed by atoms with E-state index in [-0.39, 0.29) is 0 Å². The Hall–Kier alpha value is -0.620. The van der Waals surface area contributed by atoms with Gasteiger partial charge in [-0.15, -0.1) is 0 Å². The summed E-state index contributed by atoms with van der Waals surface area (Å²) in [4.78, 5) is 0. The lowest BCUT2D eigenvalue weighted by Crippen LogP contribution is -2.58. The highest BCUT2D eigenvalue weighted by Crippen LogP contribution is 2.53. The van der Waals surface area contributed by atoms with E-state index < -0.39 is 48.8 Å². The first-order chi connectivity index (χ1) is 9.44. The number of aliphatic hydroxyl groups is 1. The van der Waals surface area contributed by atoms with Gasteiger partial charge in [0, 0.05) is 7.11 Å². The predicted octanol–water partition coefficient (Wildman–Crippen LogP) is 1.34. The number of hydrogen-bond donors (Lipinski definition) is 1. The number of methoxy groups -OCH3 is 1. The number of aliphatic hydroxyl groups excluding tert-OH is 1. The lowest BCUT2D eigenvalue weighted by molar-refractivity contribution is -0.446. The molecule has 0 saturated carbocycles. The van der Waals surface area contributed by atoms with Crippen molar-refractivity contribution in [2.24, 2.45) is 0 Å². The van der Waals surface area contributed by atoms with Crippen LogP contribution in [0, 0.1) is 0 Å². The first-order valence-electron chi connectivity index (χ1n) is 5.80. The second-order valence-electron chi connectivity index (χ2n) is 4.71. The molecule has 2 rings (SSSR count). The fraction of sp³-hybridized carbons (Fsp3) is 1.00. The summed E-state index contributed by atoms with van der Waals surface area (Å²) < 4.78 is 95.0. The van der Waals surface area contributed by atoms with E-state index in [4.69, 9.17) is 4.74 Å². The lowest BCUT2D eigenvalue weighted by Gasteiger charge is -2.37. The molecule has 2 aliphatic rings. The monoisotopic (exact) mass is 326 g/mol. The first-order valence-corrected chi connectivity index (χ1v) is 5.80. The van der Waals surface area contributed by atoms with Crippen molar-refractivity contribution in [1.29, 1.82) is 0 Å². The standard InChI is InChI=1S/C10H12F6O5/c1-3-5-6(4(17)7(18-2)19-3)21-8(20-5,9(11,12)13)10(14,15)16/h3-7,17H,1-2H3/t3-,4+,5-,6+,7+/m0/s1. The SMILES string of the molecule is CO[C@@H]1O[C@@H](C)[C@@H]2OC(C(F)(F)F)(C(F)(F)F)O[C@@H]2[C@H]1O. The van der Waals surface area contributed by atoms with Crippen molar-refractivity contribution in [1.82, 2.24) is 0 Å². The van der Waals surface area contributed by atoms with Crippen LogP contribution >= 0.6 is 0 Å². The molecule has 0 amide bonds. The van der Waals surface area contributed by atoms with Crippen molar-refractivity contribution in [2.75, 3.05) is 7.11 Å². The van der Waals surface area contributed by atoms with Crippen molar-refractivity contribution in [3.05, 3.63) is 0 Å². The van der Waals surface area contributed by atoms with Gasteiger partial charge in [0.05, 0.1) is 6.10 Å². The third-order valence-electron chi connectivity index (χ3n) is 3.33. The minimum atomic E-state index is -5.87. The van der Waals surface area contributed by atoms with Crippen LogP contribution in [0.25, 0.3) is 0 Å². The highest BCUT2D eigenvalue weighted by atomic mass is 19.4. The predicted molar refractivity (Wildman–Crippen MR) is 51.9 cm³/mol. The Balaban J connectivity index is 2.39. The number of fused-ring (bicyclic) bond motifs is 1. The van der Waals surface area contributed by atoms with Gasteiger partial charge < -0.3 is 24.1 Å². The maximum atomic E-state index is 12.9. The lowest BCUT2D eigenvalue weighted by atomic mass is 10.0. The molecule has 0 aliphatic carbocycles. The molecule has 1 N–H and O–H groups in total. The molecule has 0 aromatic heterocycles. The summed E-state index contributed by atoms with van der Waals surface area (Å²) in [5, 5.41) is 9.73. The van der Waals surface area contributed by atoms with Crippen LogP contribution in [0.1, 0.15) is 6.92 Å². The Labute approximate surface area is 114 Å². The Morgan fingerprint density at radius 2 is 1.48 bits per heavy atom. The van der Waals surface area contributed by atoms with Gasteiger partial charge in [-0.3, -0.25) is 0 Å². The average molecular weight is 326 g/mol. The molecule has 5 atom stereocenters. The molecule has 0 radical (unpaired) electrons. The summed E-state index contributed by atoms with van der Waals surface area (Å²) in [6.45, 7) is 1.20. The van der Waals surface area contributed by atoms with E-state index in [0.29, 0.717) is 0 Å². The van der Waals surface area contributed by atoms with Gasteiger partial charge in [0.2, 0.25) is 0 Å². The number of rotatable bonds is 1. The van der Waals surface area contributed by atoms with E-state index in [9.17, 15) is 31.4 Å². The Bertz CT molecular complexity index is 382. The van der Waals surface area contributed by atoms with Gasteiger partial charge in [-0.05, 0) is 6.92 Å². The van der Waals surface area contributed by atoms with Crippen LogP contribution < -0.4 is 0 Å². The van der Waals surface area contributed by atoms with E-state index in [1.54, 1.807) is 0 Å².